The van der Waals surface area contributed by atoms with E-state index in [1.165, 1.54) is 24.0 Å². The van der Waals surface area contributed by atoms with E-state index in [0.717, 1.165) is 19.3 Å². The summed E-state index contributed by atoms with van der Waals surface area (Å²) in [5.74, 6) is 2.23. The molecule has 3 aliphatic rings. The van der Waals surface area contributed by atoms with Crippen LogP contribution in [0.15, 0.2) is 23.3 Å². The van der Waals surface area contributed by atoms with E-state index in [1.807, 2.05) is 0 Å². The molecule has 2 saturated carbocycles. The summed E-state index contributed by atoms with van der Waals surface area (Å²) in [6.07, 6.45) is 10.7. The highest BCUT2D eigenvalue weighted by atomic mass is 35.5. The van der Waals surface area contributed by atoms with Crippen LogP contribution in [0.5, 0.6) is 0 Å². The molecule has 2 fully saturated rings. The maximum atomic E-state index is 12.2. The first kappa shape index (κ1) is 17.3. The van der Waals surface area contributed by atoms with E-state index in [1.54, 1.807) is 0 Å². The Morgan fingerprint density at radius 1 is 1.22 bits per heavy atom. The molecule has 0 amide bonds. The number of hydrogen-bond acceptors (Lipinski definition) is 1. The van der Waals surface area contributed by atoms with Gasteiger partial charge in [-0.25, -0.2) is 0 Å². The maximum absolute atomic E-state index is 12.2. The predicted octanol–water partition coefficient (Wildman–Crippen LogP) is 6.13. The van der Waals surface area contributed by atoms with Crippen molar-refractivity contribution in [3.8, 4) is 0 Å². The average Bonchev–Trinajstić information content (AvgIpc) is 2.46. The van der Waals surface area contributed by atoms with Gasteiger partial charge in [-0.05, 0) is 78.9 Å². The minimum absolute atomic E-state index is 0.109. The maximum Gasteiger partial charge on any atom is 0.227 e. The third-order valence-corrected chi connectivity index (χ3v) is 7.77. The van der Waals surface area contributed by atoms with Crippen molar-refractivity contribution in [2.24, 2.45) is 34.5 Å². The van der Waals surface area contributed by atoms with Crippen LogP contribution in [0.4, 0.5) is 0 Å². The highest BCUT2D eigenvalue weighted by molar-refractivity contribution is 6.64. The Kier molecular flexibility index (Phi) is 4.32. The first-order valence-electron chi connectivity index (χ1n) is 9.30. The molecule has 0 saturated heterocycles. The van der Waals surface area contributed by atoms with Crippen LogP contribution in [-0.4, -0.2) is 5.24 Å². The number of rotatable bonds is 2. The number of allylic oxidation sites excluding steroid dienone is 4. The minimum Gasteiger partial charge on any atom is -0.281 e. The zero-order valence-corrected chi connectivity index (χ0v) is 16.0. The van der Waals surface area contributed by atoms with E-state index in [9.17, 15) is 4.79 Å². The van der Waals surface area contributed by atoms with Gasteiger partial charge in [-0.1, -0.05) is 51.8 Å². The van der Waals surface area contributed by atoms with Crippen molar-refractivity contribution in [1.29, 1.82) is 0 Å². The standard InChI is InChI=1S/C21H31ClO/c1-13(2)16-12-15-7-8-18-20(4,17(15)11-14(16)3)9-6-10-21(18,5)19(22)23/h11-13,15,17-18H,6-10H2,1-5H3. The molecular formula is C21H31ClO. The van der Waals surface area contributed by atoms with Gasteiger partial charge in [0.2, 0.25) is 5.24 Å². The second kappa shape index (κ2) is 5.76. The van der Waals surface area contributed by atoms with Crippen molar-refractivity contribution < 1.29 is 4.79 Å². The molecule has 23 heavy (non-hydrogen) atoms. The van der Waals surface area contributed by atoms with E-state index in [2.05, 4.69) is 46.8 Å². The molecule has 0 aromatic carbocycles. The fourth-order valence-electron chi connectivity index (χ4n) is 6.10. The fourth-order valence-corrected chi connectivity index (χ4v) is 6.33. The van der Waals surface area contributed by atoms with Gasteiger partial charge in [0.25, 0.3) is 0 Å². The summed E-state index contributed by atoms with van der Waals surface area (Å²) in [5, 5.41) is -0.109. The van der Waals surface area contributed by atoms with Gasteiger partial charge < -0.3 is 0 Å². The van der Waals surface area contributed by atoms with E-state index < -0.39 is 0 Å². The van der Waals surface area contributed by atoms with E-state index in [-0.39, 0.29) is 16.1 Å². The van der Waals surface area contributed by atoms with Crippen LogP contribution >= 0.6 is 11.6 Å². The summed E-state index contributed by atoms with van der Waals surface area (Å²) >= 11 is 6.08. The highest BCUT2D eigenvalue weighted by Crippen LogP contribution is 2.63. The lowest BCUT2D eigenvalue weighted by atomic mass is 9.45. The molecule has 3 rings (SSSR count). The average molecular weight is 335 g/mol. The molecule has 0 spiro atoms. The third-order valence-electron chi connectivity index (χ3n) is 7.34. The van der Waals surface area contributed by atoms with Crippen LogP contribution in [0.25, 0.3) is 0 Å². The smallest absolute Gasteiger partial charge is 0.227 e. The van der Waals surface area contributed by atoms with Crippen molar-refractivity contribution in [1.82, 2.24) is 0 Å². The van der Waals surface area contributed by atoms with Gasteiger partial charge in [0.15, 0.2) is 0 Å². The summed E-state index contributed by atoms with van der Waals surface area (Å²) in [6.45, 7) is 11.4. The molecule has 128 valence electrons. The van der Waals surface area contributed by atoms with Crippen molar-refractivity contribution in [2.45, 2.75) is 66.7 Å². The van der Waals surface area contributed by atoms with Crippen molar-refractivity contribution in [3.05, 3.63) is 23.3 Å². The van der Waals surface area contributed by atoms with E-state index in [0.29, 0.717) is 23.7 Å². The normalized spacial score (nSPS) is 43.3. The Hall–Kier alpha value is -0.560. The van der Waals surface area contributed by atoms with Gasteiger partial charge >= 0.3 is 0 Å². The Labute approximate surface area is 146 Å². The highest BCUT2D eigenvalue weighted by Gasteiger charge is 2.57. The molecular weight excluding hydrogens is 304 g/mol. The Morgan fingerprint density at radius 3 is 2.52 bits per heavy atom. The molecule has 0 heterocycles. The summed E-state index contributed by atoms with van der Waals surface area (Å²) in [5.41, 5.74) is 2.86. The van der Waals surface area contributed by atoms with Gasteiger partial charge in [0.1, 0.15) is 0 Å². The lowest BCUT2D eigenvalue weighted by Gasteiger charge is -2.59. The van der Waals surface area contributed by atoms with Gasteiger partial charge in [-0.15, -0.1) is 0 Å². The van der Waals surface area contributed by atoms with Crippen LogP contribution in [0.1, 0.15) is 66.7 Å². The summed E-state index contributed by atoms with van der Waals surface area (Å²) in [7, 11) is 0. The Morgan fingerprint density at radius 2 is 1.91 bits per heavy atom. The molecule has 0 radical (unpaired) electrons. The SMILES string of the molecule is CC1=CC2C(C=C1C(C)C)CCC1C(C)(C(=O)Cl)CCCC21C. The summed E-state index contributed by atoms with van der Waals surface area (Å²) in [4.78, 5) is 12.2. The summed E-state index contributed by atoms with van der Waals surface area (Å²) in [6, 6.07) is 0. The van der Waals surface area contributed by atoms with Crippen LogP contribution in [-0.2, 0) is 4.79 Å². The molecule has 1 nitrogen and oxygen atoms in total. The van der Waals surface area contributed by atoms with Crippen LogP contribution < -0.4 is 0 Å². The Bertz CT molecular complexity index is 572. The monoisotopic (exact) mass is 334 g/mol. The molecule has 0 aromatic heterocycles. The molecule has 0 N–H and O–H groups in total. The zero-order chi connectivity index (χ0) is 17.0. The second-order valence-corrected chi connectivity index (χ2v) is 9.34. The molecule has 2 heteroatoms. The molecule has 0 bridgehead atoms. The van der Waals surface area contributed by atoms with Gasteiger partial charge in [-0.2, -0.15) is 0 Å². The molecule has 5 unspecified atom stereocenters. The van der Waals surface area contributed by atoms with Crippen molar-refractivity contribution >= 4 is 16.8 Å². The third kappa shape index (κ3) is 2.54. The predicted molar refractivity (Wildman–Crippen MR) is 97.3 cm³/mol. The number of carbonyl (C=O) groups is 1. The lowest BCUT2D eigenvalue weighted by molar-refractivity contribution is -0.137. The van der Waals surface area contributed by atoms with Crippen LogP contribution in [0.2, 0.25) is 0 Å². The lowest BCUT2D eigenvalue weighted by Crippen LogP contribution is -2.54. The second-order valence-electron chi connectivity index (χ2n) is 9.00. The topological polar surface area (TPSA) is 17.1 Å². The first-order chi connectivity index (χ1) is 10.7. The minimum atomic E-state index is -0.330. The molecule has 0 aromatic rings. The van der Waals surface area contributed by atoms with Crippen molar-refractivity contribution in [3.63, 3.8) is 0 Å². The first-order valence-corrected chi connectivity index (χ1v) is 9.68. The number of fused-ring (bicyclic) bond motifs is 3. The molecule has 0 aliphatic heterocycles. The quantitative estimate of drug-likeness (QED) is 0.555. The van der Waals surface area contributed by atoms with Gasteiger partial charge in [-0.3, -0.25) is 4.79 Å². The van der Waals surface area contributed by atoms with Gasteiger partial charge in [0, 0.05) is 5.41 Å². The Balaban J connectivity index is 1.99. The summed E-state index contributed by atoms with van der Waals surface area (Å²) < 4.78 is 0. The van der Waals surface area contributed by atoms with Crippen molar-refractivity contribution in [2.75, 3.05) is 0 Å². The number of carbonyl (C=O) groups excluding carboxylic acids is 1. The number of hydrogen-bond donors (Lipinski definition) is 0. The fraction of sp³-hybridized carbons (Fsp3) is 0.762. The zero-order valence-electron chi connectivity index (χ0n) is 15.3. The van der Waals surface area contributed by atoms with Crippen LogP contribution in [0.3, 0.4) is 0 Å². The largest absolute Gasteiger partial charge is 0.281 e. The molecule has 5 atom stereocenters. The number of halogens is 1. The van der Waals surface area contributed by atoms with Crippen LogP contribution in [0, 0.1) is 34.5 Å². The van der Waals surface area contributed by atoms with E-state index >= 15 is 0 Å². The molecule has 3 aliphatic carbocycles. The van der Waals surface area contributed by atoms with E-state index in [4.69, 9.17) is 11.6 Å². The van der Waals surface area contributed by atoms with Gasteiger partial charge in [0.05, 0.1) is 0 Å².